The first kappa shape index (κ1) is 13.7. The molecule has 0 saturated carbocycles. The molecule has 0 aromatic heterocycles. The van der Waals surface area contributed by atoms with Crippen molar-refractivity contribution in [3.05, 3.63) is 28.2 Å². The number of rotatable bonds is 2. The summed E-state index contributed by atoms with van der Waals surface area (Å²) in [5.41, 5.74) is 0.535. The maximum Gasteiger partial charge on any atom is 0.407 e. The smallest absolute Gasteiger partial charge is 0.407 e. The van der Waals surface area contributed by atoms with Gasteiger partial charge in [-0.15, -0.1) is 0 Å². The van der Waals surface area contributed by atoms with E-state index < -0.39 is 6.09 Å². The summed E-state index contributed by atoms with van der Waals surface area (Å²) in [6.07, 6.45) is 0.450. The van der Waals surface area contributed by atoms with Crippen molar-refractivity contribution in [1.82, 2.24) is 4.90 Å². The molecule has 0 unspecified atom stereocenters. The van der Waals surface area contributed by atoms with Crippen LogP contribution in [0.5, 0.6) is 5.75 Å². The summed E-state index contributed by atoms with van der Waals surface area (Å²) < 4.78 is 6.60. The molecule has 0 aliphatic carbocycles. The fraction of sp³-hybridized carbons (Fsp3) is 0.385. The Hall–Kier alpha value is -1.74. The van der Waals surface area contributed by atoms with Crippen molar-refractivity contribution in [1.29, 1.82) is 5.26 Å². The fourth-order valence-electron chi connectivity index (χ4n) is 2.05. The minimum atomic E-state index is -0.882. The fourth-order valence-corrected chi connectivity index (χ4v) is 2.52. The first-order valence-electron chi connectivity index (χ1n) is 5.93. The summed E-state index contributed by atoms with van der Waals surface area (Å²) in [6.45, 7) is 0.970. The number of nitrogens with zero attached hydrogens (tertiary/aromatic N) is 2. The third kappa shape index (κ3) is 3.61. The van der Waals surface area contributed by atoms with Gasteiger partial charge in [0.25, 0.3) is 0 Å². The number of ether oxygens (including phenoxy) is 1. The molecular formula is C13H13BrN2O3. The Balaban J connectivity index is 1.98. The van der Waals surface area contributed by atoms with Crippen molar-refractivity contribution in [2.75, 3.05) is 13.1 Å². The Morgan fingerprint density at radius 1 is 1.42 bits per heavy atom. The average Bonchev–Trinajstić information content (AvgIpc) is 2.38. The number of carboxylic acid groups (broad SMARTS) is 1. The first-order chi connectivity index (χ1) is 9.08. The van der Waals surface area contributed by atoms with Crippen LogP contribution in [0.3, 0.4) is 0 Å². The van der Waals surface area contributed by atoms with E-state index in [-0.39, 0.29) is 6.10 Å². The lowest BCUT2D eigenvalue weighted by Gasteiger charge is -2.30. The van der Waals surface area contributed by atoms with Crippen LogP contribution in [0.4, 0.5) is 4.79 Å². The van der Waals surface area contributed by atoms with Crippen molar-refractivity contribution >= 4 is 22.0 Å². The highest BCUT2D eigenvalue weighted by molar-refractivity contribution is 9.10. The summed E-state index contributed by atoms with van der Waals surface area (Å²) >= 11 is 3.33. The Labute approximate surface area is 119 Å². The van der Waals surface area contributed by atoms with E-state index in [2.05, 4.69) is 22.0 Å². The number of benzene rings is 1. The van der Waals surface area contributed by atoms with Crippen LogP contribution >= 0.6 is 15.9 Å². The highest BCUT2D eigenvalue weighted by atomic mass is 79.9. The zero-order chi connectivity index (χ0) is 13.8. The van der Waals surface area contributed by atoms with Crippen LogP contribution in [0, 0.1) is 11.3 Å². The molecule has 1 amide bonds. The van der Waals surface area contributed by atoms with Crippen LogP contribution in [0.25, 0.3) is 0 Å². The number of piperidine rings is 1. The summed E-state index contributed by atoms with van der Waals surface area (Å²) in [5.74, 6) is 0.639. The molecule has 2 rings (SSSR count). The molecule has 1 aromatic rings. The molecule has 1 N–H and O–H groups in total. The Bertz CT molecular complexity index is 519. The molecule has 1 aliphatic rings. The van der Waals surface area contributed by atoms with Crippen LogP contribution < -0.4 is 4.74 Å². The lowest BCUT2D eigenvalue weighted by Crippen LogP contribution is -2.41. The molecule has 5 nitrogen and oxygen atoms in total. The van der Waals surface area contributed by atoms with Gasteiger partial charge in [-0.3, -0.25) is 0 Å². The van der Waals surface area contributed by atoms with Gasteiger partial charge >= 0.3 is 6.09 Å². The average molecular weight is 325 g/mol. The number of carbonyl (C=O) groups is 1. The van der Waals surface area contributed by atoms with Gasteiger partial charge < -0.3 is 14.7 Å². The second kappa shape index (κ2) is 5.93. The highest BCUT2D eigenvalue weighted by Crippen LogP contribution is 2.24. The zero-order valence-electron chi connectivity index (χ0n) is 10.2. The molecule has 0 spiro atoms. The van der Waals surface area contributed by atoms with E-state index in [1.54, 1.807) is 12.1 Å². The van der Waals surface area contributed by atoms with Crippen LogP contribution in [0.2, 0.25) is 0 Å². The minimum absolute atomic E-state index is 0.00329. The molecule has 1 fully saturated rings. The quantitative estimate of drug-likeness (QED) is 0.907. The predicted octanol–water partition coefficient (Wildman–Crippen LogP) is 2.84. The van der Waals surface area contributed by atoms with Gasteiger partial charge in [0, 0.05) is 30.4 Å². The number of hydrogen-bond acceptors (Lipinski definition) is 3. The van der Waals surface area contributed by atoms with E-state index in [1.807, 2.05) is 6.07 Å². The second-order valence-electron chi connectivity index (χ2n) is 4.37. The molecular weight excluding hydrogens is 312 g/mol. The Morgan fingerprint density at radius 3 is 2.68 bits per heavy atom. The molecule has 0 bridgehead atoms. The van der Waals surface area contributed by atoms with Gasteiger partial charge in [-0.2, -0.15) is 5.26 Å². The topological polar surface area (TPSA) is 73.6 Å². The van der Waals surface area contributed by atoms with Gasteiger partial charge in [0.05, 0.1) is 11.6 Å². The van der Waals surface area contributed by atoms with E-state index in [1.165, 1.54) is 4.90 Å². The summed E-state index contributed by atoms with van der Waals surface area (Å²) in [6, 6.07) is 7.29. The van der Waals surface area contributed by atoms with Crippen molar-refractivity contribution in [3.8, 4) is 11.8 Å². The molecule has 6 heteroatoms. The molecule has 1 heterocycles. The van der Waals surface area contributed by atoms with Gasteiger partial charge in [0.2, 0.25) is 0 Å². The van der Waals surface area contributed by atoms with Gasteiger partial charge in [0.1, 0.15) is 11.9 Å². The Morgan fingerprint density at radius 2 is 2.11 bits per heavy atom. The van der Waals surface area contributed by atoms with Gasteiger partial charge in [-0.25, -0.2) is 4.79 Å². The third-order valence-corrected chi connectivity index (χ3v) is 3.47. The van der Waals surface area contributed by atoms with E-state index in [0.29, 0.717) is 37.2 Å². The second-order valence-corrected chi connectivity index (χ2v) is 5.29. The first-order valence-corrected chi connectivity index (χ1v) is 6.73. The number of nitriles is 1. The van der Waals surface area contributed by atoms with Crippen LogP contribution in [-0.4, -0.2) is 35.3 Å². The van der Waals surface area contributed by atoms with Crippen molar-refractivity contribution in [2.45, 2.75) is 18.9 Å². The number of hydrogen-bond donors (Lipinski definition) is 1. The van der Waals surface area contributed by atoms with Crippen LogP contribution in [0.1, 0.15) is 18.4 Å². The van der Waals surface area contributed by atoms with Crippen molar-refractivity contribution < 1.29 is 14.6 Å². The van der Waals surface area contributed by atoms with Crippen LogP contribution in [-0.2, 0) is 0 Å². The van der Waals surface area contributed by atoms with E-state index in [9.17, 15) is 4.79 Å². The summed E-state index contributed by atoms with van der Waals surface area (Å²) in [7, 11) is 0. The third-order valence-electron chi connectivity index (χ3n) is 3.02. The summed E-state index contributed by atoms with van der Waals surface area (Å²) in [5, 5.41) is 17.8. The maximum absolute atomic E-state index is 10.8. The SMILES string of the molecule is N#Cc1cc(Br)cc(OC2CCN(C(=O)O)CC2)c1. The molecule has 0 radical (unpaired) electrons. The monoisotopic (exact) mass is 324 g/mol. The lowest BCUT2D eigenvalue weighted by atomic mass is 10.1. The van der Waals surface area contributed by atoms with Gasteiger partial charge in [-0.05, 0) is 18.2 Å². The largest absolute Gasteiger partial charge is 0.490 e. The van der Waals surface area contributed by atoms with E-state index in [0.717, 1.165) is 4.47 Å². The minimum Gasteiger partial charge on any atom is -0.490 e. The normalized spacial score (nSPS) is 15.9. The highest BCUT2D eigenvalue weighted by Gasteiger charge is 2.23. The number of halogens is 1. The molecule has 1 aliphatic heterocycles. The van der Waals surface area contributed by atoms with E-state index >= 15 is 0 Å². The van der Waals surface area contributed by atoms with Gasteiger partial charge in [0.15, 0.2) is 0 Å². The molecule has 1 saturated heterocycles. The van der Waals surface area contributed by atoms with E-state index in [4.69, 9.17) is 15.1 Å². The van der Waals surface area contributed by atoms with Gasteiger partial charge in [-0.1, -0.05) is 15.9 Å². The Kier molecular flexibility index (Phi) is 4.27. The number of likely N-dealkylation sites (tertiary alicyclic amines) is 1. The molecule has 0 atom stereocenters. The number of amides is 1. The van der Waals surface area contributed by atoms with Crippen molar-refractivity contribution in [2.24, 2.45) is 0 Å². The zero-order valence-corrected chi connectivity index (χ0v) is 11.8. The summed E-state index contributed by atoms with van der Waals surface area (Å²) in [4.78, 5) is 12.2. The lowest BCUT2D eigenvalue weighted by molar-refractivity contribution is 0.0894. The standard InChI is InChI=1S/C13H13BrN2O3/c14-10-5-9(8-15)6-12(7-10)19-11-1-3-16(4-2-11)13(17)18/h5-7,11H,1-4H2,(H,17,18). The van der Waals surface area contributed by atoms with Crippen LogP contribution in [0.15, 0.2) is 22.7 Å². The predicted molar refractivity (Wildman–Crippen MR) is 72.1 cm³/mol. The molecule has 100 valence electrons. The van der Waals surface area contributed by atoms with Crippen molar-refractivity contribution in [3.63, 3.8) is 0 Å². The molecule has 19 heavy (non-hydrogen) atoms. The maximum atomic E-state index is 10.8. The molecule has 1 aromatic carbocycles.